The molecule has 0 bridgehead atoms. The van der Waals surface area contributed by atoms with E-state index in [4.69, 9.17) is 23.2 Å². The lowest BCUT2D eigenvalue weighted by Gasteiger charge is -2.18. The summed E-state index contributed by atoms with van der Waals surface area (Å²) in [4.78, 5) is 4.17. The maximum Gasteiger partial charge on any atom is 0.126 e. The van der Waals surface area contributed by atoms with E-state index in [1.54, 1.807) is 6.20 Å². The number of anilines is 1. The van der Waals surface area contributed by atoms with Gasteiger partial charge in [-0.2, -0.15) is 0 Å². The third-order valence-corrected chi connectivity index (χ3v) is 2.62. The summed E-state index contributed by atoms with van der Waals surface area (Å²) in [6.45, 7) is 4.35. The van der Waals surface area contributed by atoms with Crippen molar-refractivity contribution in [2.24, 2.45) is 5.92 Å². The third kappa shape index (κ3) is 4.72. The first kappa shape index (κ1) is 12.6. The molecular weight excluding hydrogens is 231 g/mol. The lowest BCUT2D eigenvalue weighted by Crippen LogP contribution is -2.23. The van der Waals surface area contributed by atoms with Crippen LogP contribution in [-0.2, 0) is 0 Å². The molecule has 0 fully saturated rings. The average Bonchev–Trinajstić information content (AvgIpc) is 2.19. The van der Waals surface area contributed by atoms with Gasteiger partial charge in [0.05, 0.1) is 5.02 Å². The second-order valence-electron chi connectivity index (χ2n) is 3.99. The van der Waals surface area contributed by atoms with Crippen molar-refractivity contribution in [1.29, 1.82) is 0 Å². The molecule has 15 heavy (non-hydrogen) atoms. The summed E-state index contributed by atoms with van der Waals surface area (Å²) in [5.74, 6) is 2.03. The maximum absolute atomic E-state index is 5.88. The second kappa shape index (κ2) is 6.19. The van der Waals surface area contributed by atoms with Crippen LogP contribution in [0.5, 0.6) is 0 Å². The largest absolute Gasteiger partial charge is 0.366 e. The Labute approximate surface area is 101 Å². The van der Waals surface area contributed by atoms with E-state index < -0.39 is 0 Å². The highest BCUT2D eigenvalue weighted by Crippen LogP contribution is 2.14. The molecule has 0 aliphatic heterocycles. The van der Waals surface area contributed by atoms with Gasteiger partial charge in [0, 0.05) is 18.1 Å². The van der Waals surface area contributed by atoms with Gasteiger partial charge >= 0.3 is 0 Å². The van der Waals surface area contributed by atoms with Crippen molar-refractivity contribution < 1.29 is 0 Å². The van der Waals surface area contributed by atoms with Gasteiger partial charge < -0.3 is 5.32 Å². The van der Waals surface area contributed by atoms with Crippen LogP contribution in [0.3, 0.4) is 0 Å². The number of aromatic nitrogens is 1. The molecule has 1 unspecified atom stereocenters. The Morgan fingerprint density at radius 3 is 2.60 bits per heavy atom. The summed E-state index contributed by atoms with van der Waals surface area (Å²) in [6.07, 6.45) is 2.67. The van der Waals surface area contributed by atoms with Crippen LogP contribution in [0.25, 0.3) is 0 Å². The minimum Gasteiger partial charge on any atom is -0.366 e. The molecule has 1 aromatic heterocycles. The van der Waals surface area contributed by atoms with Crippen LogP contribution in [-0.4, -0.2) is 16.9 Å². The second-order valence-corrected chi connectivity index (χ2v) is 4.73. The van der Waals surface area contributed by atoms with Crippen LogP contribution in [0.15, 0.2) is 18.3 Å². The number of pyridine rings is 1. The minimum atomic E-state index is 0.264. The molecule has 1 aromatic rings. The Balaban J connectivity index is 2.54. The first-order chi connectivity index (χ1) is 7.11. The van der Waals surface area contributed by atoms with Crippen molar-refractivity contribution in [3.8, 4) is 0 Å². The van der Waals surface area contributed by atoms with Crippen LogP contribution < -0.4 is 5.32 Å². The summed E-state index contributed by atoms with van der Waals surface area (Å²) >= 11 is 11.6. The summed E-state index contributed by atoms with van der Waals surface area (Å²) in [7, 11) is 0. The molecule has 1 N–H and O–H groups in total. The molecule has 1 rings (SSSR count). The smallest absolute Gasteiger partial charge is 0.126 e. The summed E-state index contributed by atoms with van der Waals surface area (Å²) in [5, 5.41) is 3.93. The predicted molar refractivity (Wildman–Crippen MR) is 66.8 cm³/mol. The summed E-state index contributed by atoms with van der Waals surface area (Å²) < 4.78 is 0. The highest BCUT2D eigenvalue weighted by molar-refractivity contribution is 6.30. The summed E-state index contributed by atoms with van der Waals surface area (Å²) in [6, 6.07) is 3.94. The van der Waals surface area contributed by atoms with Crippen LogP contribution in [0.4, 0.5) is 5.82 Å². The van der Waals surface area contributed by atoms with Crippen molar-refractivity contribution in [2.45, 2.75) is 26.3 Å². The zero-order valence-corrected chi connectivity index (χ0v) is 10.5. The van der Waals surface area contributed by atoms with Crippen molar-refractivity contribution in [3.05, 3.63) is 23.4 Å². The topological polar surface area (TPSA) is 24.9 Å². The average molecular weight is 247 g/mol. The fourth-order valence-electron chi connectivity index (χ4n) is 1.40. The molecule has 0 aliphatic rings. The van der Waals surface area contributed by atoms with E-state index in [2.05, 4.69) is 24.1 Å². The predicted octanol–water partition coefficient (Wildman–Crippen LogP) is 3.80. The summed E-state index contributed by atoms with van der Waals surface area (Å²) in [5.41, 5.74) is 0. The van der Waals surface area contributed by atoms with Crippen LogP contribution in [0.2, 0.25) is 5.02 Å². The van der Waals surface area contributed by atoms with Gasteiger partial charge in [0.25, 0.3) is 0 Å². The van der Waals surface area contributed by atoms with E-state index in [1.807, 2.05) is 12.1 Å². The number of nitrogens with one attached hydrogen (secondary N) is 1. The van der Waals surface area contributed by atoms with Crippen molar-refractivity contribution >= 4 is 29.0 Å². The fourth-order valence-corrected chi connectivity index (χ4v) is 1.71. The van der Waals surface area contributed by atoms with E-state index in [-0.39, 0.29) is 6.04 Å². The molecule has 0 saturated carbocycles. The molecule has 1 atom stereocenters. The number of halogens is 2. The molecule has 1 heterocycles. The van der Waals surface area contributed by atoms with E-state index in [1.165, 1.54) is 0 Å². The molecule has 0 amide bonds. The lowest BCUT2D eigenvalue weighted by atomic mass is 10.1. The molecule has 2 nitrogen and oxygen atoms in total. The monoisotopic (exact) mass is 246 g/mol. The molecule has 0 spiro atoms. The Morgan fingerprint density at radius 1 is 1.40 bits per heavy atom. The normalized spacial score (nSPS) is 12.9. The number of rotatable bonds is 5. The Kier molecular flexibility index (Phi) is 5.20. The first-order valence-corrected chi connectivity index (χ1v) is 5.97. The van der Waals surface area contributed by atoms with Gasteiger partial charge in [-0.3, -0.25) is 0 Å². The van der Waals surface area contributed by atoms with Crippen molar-refractivity contribution in [1.82, 2.24) is 4.98 Å². The fraction of sp³-hybridized carbons (Fsp3) is 0.545. The van der Waals surface area contributed by atoms with Crippen LogP contribution >= 0.6 is 23.2 Å². The molecule has 0 saturated heterocycles. The molecule has 0 aliphatic carbocycles. The lowest BCUT2D eigenvalue weighted by molar-refractivity contribution is 0.541. The van der Waals surface area contributed by atoms with E-state index >= 15 is 0 Å². The molecule has 4 heteroatoms. The van der Waals surface area contributed by atoms with Crippen molar-refractivity contribution in [2.75, 3.05) is 11.2 Å². The molecule has 84 valence electrons. The van der Waals surface area contributed by atoms with Gasteiger partial charge in [-0.1, -0.05) is 25.4 Å². The minimum absolute atomic E-state index is 0.264. The van der Waals surface area contributed by atoms with Gasteiger partial charge in [-0.05, 0) is 24.5 Å². The Bertz CT molecular complexity index is 285. The SMILES string of the molecule is CC(C)CC(CCl)Nc1ccc(Cl)cn1. The van der Waals surface area contributed by atoms with Gasteiger partial charge in [-0.25, -0.2) is 4.98 Å². The highest BCUT2D eigenvalue weighted by atomic mass is 35.5. The van der Waals surface area contributed by atoms with Crippen molar-refractivity contribution in [3.63, 3.8) is 0 Å². The number of hydrogen-bond donors (Lipinski definition) is 1. The van der Waals surface area contributed by atoms with E-state index in [0.29, 0.717) is 16.8 Å². The highest BCUT2D eigenvalue weighted by Gasteiger charge is 2.09. The first-order valence-electron chi connectivity index (χ1n) is 5.06. The maximum atomic E-state index is 5.88. The number of alkyl halides is 1. The molecule has 0 radical (unpaired) electrons. The van der Waals surface area contributed by atoms with Gasteiger partial charge in [0.2, 0.25) is 0 Å². The third-order valence-electron chi connectivity index (χ3n) is 2.02. The van der Waals surface area contributed by atoms with Gasteiger partial charge in [0.15, 0.2) is 0 Å². The van der Waals surface area contributed by atoms with Crippen LogP contribution in [0.1, 0.15) is 20.3 Å². The van der Waals surface area contributed by atoms with E-state index in [9.17, 15) is 0 Å². The zero-order chi connectivity index (χ0) is 11.3. The number of nitrogens with zero attached hydrogens (tertiary/aromatic N) is 1. The molecular formula is C11H16Cl2N2. The van der Waals surface area contributed by atoms with E-state index in [0.717, 1.165) is 12.2 Å². The van der Waals surface area contributed by atoms with Gasteiger partial charge in [-0.15, -0.1) is 11.6 Å². The molecule has 0 aromatic carbocycles. The standard InChI is InChI=1S/C11H16Cl2N2/c1-8(2)5-10(6-12)15-11-4-3-9(13)7-14-11/h3-4,7-8,10H,5-6H2,1-2H3,(H,14,15). The zero-order valence-electron chi connectivity index (χ0n) is 9.00. The Hall–Kier alpha value is -0.470. The quantitative estimate of drug-likeness (QED) is 0.800. The van der Waals surface area contributed by atoms with Gasteiger partial charge in [0.1, 0.15) is 5.82 Å². The van der Waals surface area contributed by atoms with Crippen LogP contribution in [0, 0.1) is 5.92 Å². The number of hydrogen-bond acceptors (Lipinski definition) is 2. The Morgan fingerprint density at radius 2 is 2.13 bits per heavy atom.